The summed E-state index contributed by atoms with van der Waals surface area (Å²) in [4.78, 5) is 24.4. The van der Waals surface area contributed by atoms with Crippen LogP contribution in [0.5, 0.6) is 11.5 Å². The number of benzene rings is 2. The average Bonchev–Trinajstić information content (AvgIpc) is 2.79. The van der Waals surface area contributed by atoms with Crippen molar-refractivity contribution in [2.45, 2.75) is 26.7 Å². The van der Waals surface area contributed by atoms with Crippen molar-refractivity contribution in [2.24, 2.45) is 0 Å². The van der Waals surface area contributed by atoms with Gasteiger partial charge < -0.3 is 14.2 Å². The Morgan fingerprint density at radius 2 is 1.85 bits per heavy atom. The highest BCUT2D eigenvalue weighted by Crippen LogP contribution is 2.28. The number of ether oxygens (including phenoxy) is 3. The normalized spacial score (nSPS) is 10.5. The maximum atomic E-state index is 12.4. The van der Waals surface area contributed by atoms with Gasteiger partial charge in [-0.15, -0.1) is 0 Å². The summed E-state index contributed by atoms with van der Waals surface area (Å²) in [6.45, 7) is 7.32. The molecule has 0 aliphatic carbocycles. The van der Waals surface area contributed by atoms with Crippen molar-refractivity contribution in [2.75, 3.05) is 26.4 Å². The van der Waals surface area contributed by atoms with Crippen LogP contribution in [0, 0.1) is 0 Å². The lowest BCUT2D eigenvalue weighted by Crippen LogP contribution is -2.49. The third-order valence-corrected chi connectivity index (χ3v) is 5.14. The molecule has 33 heavy (non-hydrogen) atoms. The molecule has 0 saturated carbocycles. The third kappa shape index (κ3) is 9.37. The smallest absolute Gasteiger partial charge is 0.276 e. The number of nitrogens with one attached hydrogen (secondary N) is 3. The van der Waals surface area contributed by atoms with Crippen molar-refractivity contribution in [1.29, 1.82) is 0 Å². The summed E-state index contributed by atoms with van der Waals surface area (Å²) in [6, 6.07) is 12.4. The first kappa shape index (κ1) is 26.6. The van der Waals surface area contributed by atoms with E-state index in [0.29, 0.717) is 42.8 Å². The molecule has 178 valence electrons. The molecule has 0 radical (unpaired) electrons. The van der Waals surface area contributed by atoms with Gasteiger partial charge in [-0.3, -0.25) is 25.8 Å². The molecule has 0 atom stereocenters. The van der Waals surface area contributed by atoms with E-state index in [1.165, 1.54) is 0 Å². The van der Waals surface area contributed by atoms with E-state index in [9.17, 15) is 9.59 Å². The first-order valence-electron chi connectivity index (χ1n) is 10.4. The van der Waals surface area contributed by atoms with Crippen molar-refractivity contribution in [3.63, 3.8) is 0 Å². The fraction of sp³-hybridized carbons (Fsp3) is 0.348. The number of hydrogen-bond acceptors (Lipinski definition) is 6. The van der Waals surface area contributed by atoms with Crippen LogP contribution in [0.3, 0.4) is 0 Å². The quantitative estimate of drug-likeness (QED) is 0.241. The van der Waals surface area contributed by atoms with E-state index in [2.05, 4.69) is 45.9 Å². The Kier molecular flexibility index (Phi) is 11.1. The fourth-order valence-corrected chi connectivity index (χ4v) is 3.25. The standard InChI is InChI=1S/C23H28BrN3O5S/c1-4-30-10-11-31-18-7-5-6-17(12-18)22(29)25-23(33)27-26-21(28)14-32-20-9-8-16(15(2)3)13-19(20)24/h5-9,12-13,15H,4,10-11,14H2,1-3H3,(H,26,28)(H2,25,27,29,33). The van der Waals surface area contributed by atoms with Crippen LogP contribution in [-0.2, 0) is 9.53 Å². The molecule has 10 heteroatoms. The lowest BCUT2D eigenvalue weighted by Gasteiger charge is -2.13. The van der Waals surface area contributed by atoms with Crippen LogP contribution >= 0.6 is 28.1 Å². The van der Waals surface area contributed by atoms with Crippen molar-refractivity contribution >= 4 is 45.1 Å². The predicted molar refractivity (Wildman–Crippen MR) is 133 cm³/mol. The average molecular weight is 538 g/mol. The van der Waals surface area contributed by atoms with Crippen molar-refractivity contribution in [3.8, 4) is 11.5 Å². The largest absolute Gasteiger partial charge is 0.491 e. The van der Waals surface area contributed by atoms with Gasteiger partial charge in [0.15, 0.2) is 11.7 Å². The summed E-state index contributed by atoms with van der Waals surface area (Å²) in [5.74, 6) is 0.570. The molecule has 0 unspecified atom stereocenters. The molecular weight excluding hydrogens is 510 g/mol. The molecule has 2 aromatic rings. The molecule has 0 fully saturated rings. The molecular formula is C23H28BrN3O5S. The Morgan fingerprint density at radius 3 is 2.55 bits per heavy atom. The van der Waals surface area contributed by atoms with Gasteiger partial charge in [-0.05, 0) is 76.9 Å². The molecule has 2 rings (SSSR count). The second kappa shape index (κ2) is 13.8. The predicted octanol–water partition coefficient (Wildman–Crippen LogP) is 3.70. The number of hydrazine groups is 1. The highest BCUT2D eigenvalue weighted by molar-refractivity contribution is 9.10. The minimum Gasteiger partial charge on any atom is -0.491 e. The van der Waals surface area contributed by atoms with Crippen molar-refractivity contribution in [3.05, 3.63) is 58.1 Å². The molecule has 8 nitrogen and oxygen atoms in total. The highest BCUT2D eigenvalue weighted by Gasteiger charge is 2.11. The Balaban J connectivity index is 1.76. The Morgan fingerprint density at radius 1 is 1.06 bits per heavy atom. The molecule has 0 bridgehead atoms. The number of carbonyl (C=O) groups is 2. The highest BCUT2D eigenvalue weighted by atomic mass is 79.9. The third-order valence-electron chi connectivity index (χ3n) is 4.32. The zero-order valence-electron chi connectivity index (χ0n) is 18.8. The Bertz CT molecular complexity index is 971. The van der Waals surface area contributed by atoms with Crippen LogP contribution in [0.2, 0.25) is 0 Å². The molecule has 2 amide bonds. The summed E-state index contributed by atoms with van der Waals surface area (Å²) >= 11 is 8.51. The monoisotopic (exact) mass is 537 g/mol. The summed E-state index contributed by atoms with van der Waals surface area (Å²) in [5, 5.41) is 2.44. The van der Waals surface area contributed by atoms with Gasteiger partial charge in [-0.1, -0.05) is 26.0 Å². The SMILES string of the molecule is CCOCCOc1cccc(C(=O)NC(=S)NNC(=O)COc2ccc(C(C)C)cc2Br)c1. The van der Waals surface area contributed by atoms with Gasteiger partial charge in [-0.2, -0.15) is 0 Å². The van der Waals surface area contributed by atoms with Crippen LogP contribution in [0.15, 0.2) is 46.9 Å². The summed E-state index contributed by atoms with van der Waals surface area (Å²) in [5.41, 5.74) is 6.38. The number of halogens is 1. The summed E-state index contributed by atoms with van der Waals surface area (Å²) < 4.78 is 17.1. The van der Waals surface area contributed by atoms with Crippen LogP contribution in [-0.4, -0.2) is 43.4 Å². The molecule has 0 spiro atoms. The lowest BCUT2D eigenvalue weighted by molar-refractivity contribution is -0.123. The Labute approximate surface area is 207 Å². The van der Waals surface area contributed by atoms with E-state index >= 15 is 0 Å². The molecule has 3 N–H and O–H groups in total. The van der Waals surface area contributed by atoms with Gasteiger partial charge >= 0.3 is 0 Å². The second-order valence-electron chi connectivity index (χ2n) is 7.16. The Hall–Kier alpha value is -2.69. The number of thiocarbonyl (C=S) groups is 1. The van der Waals surface area contributed by atoms with Gasteiger partial charge in [0.25, 0.3) is 11.8 Å². The van der Waals surface area contributed by atoms with E-state index in [1.54, 1.807) is 30.3 Å². The fourth-order valence-electron chi connectivity index (χ4n) is 2.60. The van der Waals surface area contributed by atoms with Gasteiger partial charge in [0.05, 0.1) is 11.1 Å². The molecule has 0 aliphatic rings. The topological polar surface area (TPSA) is 97.9 Å². The van der Waals surface area contributed by atoms with Crippen LogP contribution in [0.1, 0.15) is 42.6 Å². The molecule has 0 aromatic heterocycles. The maximum Gasteiger partial charge on any atom is 0.276 e. The van der Waals surface area contributed by atoms with Crippen molar-refractivity contribution in [1.82, 2.24) is 16.2 Å². The van der Waals surface area contributed by atoms with E-state index in [1.807, 2.05) is 19.1 Å². The van der Waals surface area contributed by atoms with Gasteiger partial charge in [0.2, 0.25) is 0 Å². The van der Waals surface area contributed by atoms with E-state index in [0.717, 1.165) is 10.0 Å². The first-order chi connectivity index (χ1) is 15.8. The maximum absolute atomic E-state index is 12.4. The zero-order chi connectivity index (χ0) is 24.2. The van der Waals surface area contributed by atoms with Crippen LogP contribution < -0.4 is 25.6 Å². The number of amides is 2. The van der Waals surface area contributed by atoms with E-state index in [-0.39, 0.29) is 11.7 Å². The van der Waals surface area contributed by atoms with Crippen LogP contribution in [0.25, 0.3) is 0 Å². The molecule has 0 saturated heterocycles. The molecule has 0 heterocycles. The van der Waals surface area contributed by atoms with Gasteiger partial charge in [0, 0.05) is 12.2 Å². The van der Waals surface area contributed by atoms with E-state index < -0.39 is 11.8 Å². The molecule has 2 aromatic carbocycles. The minimum atomic E-state index is -0.462. The second-order valence-corrected chi connectivity index (χ2v) is 8.43. The zero-order valence-corrected chi connectivity index (χ0v) is 21.2. The number of carbonyl (C=O) groups excluding carboxylic acids is 2. The summed E-state index contributed by atoms with van der Waals surface area (Å²) in [7, 11) is 0. The van der Waals surface area contributed by atoms with Gasteiger partial charge in [-0.25, -0.2) is 0 Å². The van der Waals surface area contributed by atoms with Gasteiger partial charge in [0.1, 0.15) is 18.1 Å². The minimum absolute atomic E-state index is 0.0570. The lowest BCUT2D eigenvalue weighted by atomic mass is 10.0. The van der Waals surface area contributed by atoms with E-state index in [4.69, 9.17) is 26.4 Å². The summed E-state index contributed by atoms with van der Waals surface area (Å²) in [6.07, 6.45) is 0. The number of hydrogen-bond donors (Lipinski definition) is 3. The first-order valence-corrected chi connectivity index (χ1v) is 11.6. The van der Waals surface area contributed by atoms with Crippen LogP contribution in [0.4, 0.5) is 0 Å². The number of rotatable bonds is 10. The molecule has 0 aliphatic heterocycles. The van der Waals surface area contributed by atoms with Crippen molar-refractivity contribution < 1.29 is 23.8 Å².